The molecule has 0 saturated carbocycles. The van der Waals surface area contributed by atoms with Gasteiger partial charge in [-0.2, -0.15) is 0 Å². The lowest BCUT2D eigenvalue weighted by Gasteiger charge is -2.25. The van der Waals surface area contributed by atoms with Crippen molar-refractivity contribution in [3.05, 3.63) is 65.0 Å². The highest BCUT2D eigenvalue weighted by Gasteiger charge is 2.47. The van der Waals surface area contributed by atoms with Crippen molar-refractivity contribution in [2.24, 2.45) is 0 Å². The Hall–Kier alpha value is -3.39. The average Bonchev–Trinajstić information content (AvgIpc) is 3.45. The second-order valence-corrected chi connectivity index (χ2v) is 8.30. The maximum atomic E-state index is 13.2. The van der Waals surface area contributed by atoms with Crippen molar-refractivity contribution in [1.29, 1.82) is 0 Å². The zero-order valence-electron chi connectivity index (χ0n) is 19.5. The number of nitrogens with zero attached hydrogens (tertiary/aromatic N) is 4. The third kappa shape index (κ3) is 4.06. The van der Waals surface area contributed by atoms with Gasteiger partial charge in [-0.05, 0) is 64.2 Å². The fourth-order valence-electron chi connectivity index (χ4n) is 4.54. The van der Waals surface area contributed by atoms with Gasteiger partial charge in [0.15, 0.2) is 5.76 Å². The maximum Gasteiger partial charge on any atom is 0.295 e. The van der Waals surface area contributed by atoms with E-state index < -0.39 is 17.7 Å². The minimum Gasteiger partial charge on any atom is -0.505 e. The molecule has 0 unspecified atom stereocenters. The fourth-order valence-corrected chi connectivity index (χ4v) is 4.54. The highest BCUT2D eigenvalue weighted by Crippen LogP contribution is 2.40. The van der Waals surface area contributed by atoms with E-state index in [2.05, 4.69) is 23.7 Å². The number of hydrogen-bond acceptors (Lipinski definition) is 6. The van der Waals surface area contributed by atoms with Gasteiger partial charge in [0.05, 0.1) is 11.3 Å². The van der Waals surface area contributed by atoms with E-state index in [4.69, 9.17) is 4.42 Å². The van der Waals surface area contributed by atoms with Crippen LogP contribution < -0.4 is 0 Å². The second kappa shape index (κ2) is 9.23. The normalized spacial score (nSPS) is 18.2. The molecule has 1 aliphatic rings. The van der Waals surface area contributed by atoms with E-state index >= 15 is 0 Å². The first-order chi connectivity index (χ1) is 15.9. The largest absolute Gasteiger partial charge is 0.505 e. The molecule has 4 heterocycles. The van der Waals surface area contributed by atoms with E-state index in [1.54, 1.807) is 29.7 Å². The molecule has 8 nitrogen and oxygen atoms in total. The van der Waals surface area contributed by atoms with E-state index in [9.17, 15) is 14.7 Å². The second-order valence-electron chi connectivity index (χ2n) is 8.30. The fraction of sp³-hybridized carbons (Fsp3) is 0.400. The lowest BCUT2D eigenvalue weighted by Crippen LogP contribution is -2.33. The van der Waals surface area contributed by atoms with Gasteiger partial charge >= 0.3 is 0 Å². The third-order valence-corrected chi connectivity index (χ3v) is 6.27. The van der Waals surface area contributed by atoms with Gasteiger partial charge in [0, 0.05) is 12.7 Å². The topological polar surface area (TPSA) is 91.3 Å². The Bertz CT molecular complexity index is 1220. The first-order valence-corrected chi connectivity index (χ1v) is 11.4. The molecule has 4 rings (SSSR count). The summed E-state index contributed by atoms with van der Waals surface area (Å²) in [4.78, 5) is 34.6. The van der Waals surface area contributed by atoms with E-state index in [0.29, 0.717) is 41.5 Å². The number of likely N-dealkylation sites (tertiary alicyclic amines) is 1. The number of amides is 1. The van der Waals surface area contributed by atoms with Crippen LogP contribution in [-0.4, -0.2) is 62.2 Å². The zero-order chi connectivity index (χ0) is 23.7. The molecule has 1 N–H and O–H groups in total. The number of pyridine rings is 1. The molecule has 1 amide bonds. The summed E-state index contributed by atoms with van der Waals surface area (Å²) in [5.74, 6) is -0.441. The number of imidazole rings is 1. The third-order valence-electron chi connectivity index (χ3n) is 6.27. The molecule has 0 aliphatic carbocycles. The van der Waals surface area contributed by atoms with E-state index in [1.165, 1.54) is 4.90 Å². The van der Waals surface area contributed by atoms with Crippen LogP contribution in [0.15, 0.2) is 46.5 Å². The van der Waals surface area contributed by atoms with E-state index in [-0.39, 0.29) is 11.3 Å². The van der Waals surface area contributed by atoms with Crippen molar-refractivity contribution < 1.29 is 19.1 Å². The Balaban J connectivity index is 1.79. The van der Waals surface area contributed by atoms with Crippen LogP contribution >= 0.6 is 0 Å². The van der Waals surface area contributed by atoms with Gasteiger partial charge in [-0.1, -0.05) is 19.9 Å². The van der Waals surface area contributed by atoms with Crippen LogP contribution in [0.5, 0.6) is 0 Å². The van der Waals surface area contributed by atoms with Gasteiger partial charge in [0.25, 0.3) is 11.7 Å². The molecule has 0 radical (unpaired) electrons. The summed E-state index contributed by atoms with van der Waals surface area (Å²) in [6.45, 7) is 10.8. The Kier molecular flexibility index (Phi) is 6.37. The summed E-state index contributed by atoms with van der Waals surface area (Å²) >= 11 is 0. The van der Waals surface area contributed by atoms with Crippen molar-refractivity contribution in [2.75, 3.05) is 26.2 Å². The molecular formula is C25H30N4O4. The molecule has 0 bridgehead atoms. The summed E-state index contributed by atoms with van der Waals surface area (Å²) in [6.07, 6.45) is 2.48. The van der Waals surface area contributed by atoms with Crippen molar-refractivity contribution in [2.45, 2.75) is 40.2 Å². The van der Waals surface area contributed by atoms with Crippen molar-refractivity contribution >= 4 is 23.1 Å². The summed E-state index contributed by atoms with van der Waals surface area (Å²) in [7, 11) is 0. The van der Waals surface area contributed by atoms with Crippen LogP contribution in [0.25, 0.3) is 11.4 Å². The average molecular weight is 451 g/mol. The number of rotatable bonds is 8. The molecule has 0 spiro atoms. The number of furan rings is 1. The Morgan fingerprint density at radius 3 is 2.58 bits per heavy atom. The molecule has 8 heteroatoms. The number of aromatic nitrogens is 2. The zero-order valence-corrected chi connectivity index (χ0v) is 19.5. The molecule has 1 aliphatic heterocycles. The number of ketones is 1. The number of fused-ring (bicyclic) bond motifs is 1. The molecule has 3 aromatic rings. The number of Topliss-reactive ketones (excluding diaryl/α,β-unsaturated/α-hetero) is 1. The number of carbonyl (C=O) groups is 2. The summed E-state index contributed by atoms with van der Waals surface area (Å²) < 4.78 is 7.58. The Morgan fingerprint density at radius 2 is 1.91 bits per heavy atom. The number of aliphatic hydroxyl groups is 1. The van der Waals surface area contributed by atoms with Gasteiger partial charge in [-0.15, -0.1) is 0 Å². The molecule has 33 heavy (non-hydrogen) atoms. The molecule has 1 fully saturated rings. The predicted octanol–water partition coefficient (Wildman–Crippen LogP) is 3.70. The monoisotopic (exact) mass is 450 g/mol. The van der Waals surface area contributed by atoms with Crippen molar-refractivity contribution in [1.82, 2.24) is 19.2 Å². The first kappa shape index (κ1) is 22.8. The number of aryl methyl sites for hydroxylation is 2. The quantitative estimate of drug-likeness (QED) is 0.320. The molecule has 1 saturated heterocycles. The summed E-state index contributed by atoms with van der Waals surface area (Å²) in [5.41, 5.74) is 1.65. The number of hydrogen-bond donors (Lipinski definition) is 1. The Labute approximate surface area is 193 Å². The molecule has 0 aromatic carbocycles. The van der Waals surface area contributed by atoms with Crippen molar-refractivity contribution in [3.63, 3.8) is 0 Å². The van der Waals surface area contributed by atoms with E-state index in [0.717, 1.165) is 19.6 Å². The minimum absolute atomic E-state index is 0.0333. The van der Waals surface area contributed by atoms with Crippen LogP contribution in [0.1, 0.15) is 49.2 Å². The number of carbonyl (C=O) groups excluding carboxylic acids is 2. The van der Waals surface area contributed by atoms with E-state index in [1.807, 2.05) is 25.1 Å². The van der Waals surface area contributed by atoms with Crippen LogP contribution in [0, 0.1) is 13.8 Å². The molecule has 174 valence electrons. The highest BCUT2D eigenvalue weighted by molar-refractivity contribution is 6.46. The standard InChI is InChI=1S/C25H30N4O4/c1-5-27(6-2)13-9-15-29-22(18-12-11-16(3)33-18)20(24(31)25(29)32)23(30)21-17(4)26-19-10-7-8-14-28(19)21/h7-8,10-12,14,22,30H,5-6,9,13,15H2,1-4H3/t22-/m0/s1. The molecule has 1 atom stereocenters. The first-order valence-electron chi connectivity index (χ1n) is 11.4. The van der Waals surface area contributed by atoms with Gasteiger partial charge in [-0.3, -0.25) is 14.0 Å². The van der Waals surface area contributed by atoms with Crippen LogP contribution in [-0.2, 0) is 9.59 Å². The predicted molar refractivity (Wildman–Crippen MR) is 125 cm³/mol. The van der Waals surface area contributed by atoms with Crippen LogP contribution in [0.3, 0.4) is 0 Å². The van der Waals surface area contributed by atoms with Gasteiger partial charge in [0.2, 0.25) is 0 Å². The van der Waals surface area contributed by atoms with Gasteiger partial charge in [-0.25, -0.2) is 4.98 Å². The summed E-state index contributed by atoms with van der Waals surface area (Å²) in [6, 6.07) is 8.27. The Morgan fingerprint density at radius 1 is 1.15 bits per heavy atom. The van der Waals surface area contributed by atoms with Crippen LogP contribution in [0.4, 0.5) is 0 Å². The maximum absolute atomic E-state index is 13.2. The van der Waals surface area contributed by atoms with Gasteiger partial charge < -0.3 is 19.3 Å². The van der Waals surface area contributed by atoms with Crippen LogP contribution in [0.2, 0.25) is 0 Å². The highest BCUT2D eigenvalue weighted by atomic mass is 16.3. The lowest BCUT2D eigenvalue weighted by atomic mass is 10.0. The molecular weight excluding hydrogens is 420 g/mol. The lowest BCUT2D eigenvalue weighted by molar-refractivity contribution is -0.140. The minimum atomic E-state index is -0.788. The number of aliphatic hydroxyl groups excluding tert-OH is 1. The van der Waals surface area contributed by atoms with Crippen molar-refractivity contribution in [3.8, 4) is 0 Å². The SMILES string of the molecule is CCN(CC)CCCN1C(=O)C(=O)C(=C(O)c2c(C)nc3ccccn23)[C@@H]1c1ccc(C)o1. The van der Waals surface area contributed by atoms with Gasteiger partial charge in [0.1, 0.15) is 28.9 Å². The smallest absolute Gasteiger partial charge is 0.295 e. The molecule has 3 aromatic heterocycles. The summed E-state index contributed by atoms with van der Waals surface area (Å²) in [5, 5.41) is 11.4.